The highest BCUT2D eigenvalue weighted by Gasteiger charge is 2.20. The van der Waals surface area contributed by atoms with Crippen molar-refractivity contribution in [1.82, 2.24) is 9.97 Å². The van der Waals surface area contributed by atoms with Gasteiger partial charge in [-0.2, -0.15) is 10.2 Å². The number of nitrogens with zero attached hydrogens (tertiary/aromatic N) is 3. The maximum absolute atomic E-state index is 9.37. The van der Waals surface area contributed by atoms with Gasteiger partial charge in [-0.15, -0.1) is 0 Å². The first-order chi connectivity index (χ1) is 11.0. The Morgan fingerprint density at radius 1 is 1.30 bits per heavy atom. The Morgan fingerprint density at radius 2 is 2.04 bits per heavy atom. The molecule has 0 aliphatic heterocycles. The molecule has 0 aliphatic rings. The van der Waals surface area contributed by atoms with Crippen LogP contribution in [0.3, 0.4) is 0 Å². The highest BCUT2D eigenvalue weighted by Crippen LogP contribution is 2.40. The fraction of sp³-hybridized carbons (Fsp3) is 0.312. The number of nitrogens with two attached hydrogens (primary N) is 2. The summed E-state index contributed by atoms with van der Waals surface area (Å²) in [6.45, 7) is 3.96. The van der Waals surface area contributed by atoms with Crippen molar-refractivity contribution < 1.29 is 9.47 Å². The average Bonchev–Trinajstić information content (AvgIpc) is 2.54. The van der Waals surface area contributed by atoms with E-state index >= 15 is 0 Å². The van der Waals surface area contributed by atoms with Crippen LogP contribution in [0.2, 0.25) is 0 Å². The van der Waals surface area contributed by atoms with Crippen molar-refractivity contribution in [2.24, 2.45) is 0 Å². The largest absolute Gasteiger partial charge is 0.493 e. The van der Waals surface area contributed by atoms with Gasteiger partial charge >= 0.3 is 0 Å². The average molecular weight is 313 g/mol. The smallest absolute Gasteiger partial charge is 0.222 e. The monoisotopic (exact) mass is 313 g/mol. The molecule has 2 rings (SSSR count). The zero-order valence-electron chi connectivity index (χ0n) is 13.3. The van der Waals surface area contributed by atoms with Gasteiger partial charge in [-0.1, -0.05) is 13.0 Å². The molecule has 1 unspecified atom stereocenters. The molecule has 120 valence electrons. The lowest BCUT2D eigenvalue weighted by molar-refractivity contribution is 0.208. The van der Waals surface area contributed by atoms with E-state index in [1.54, 1.807) is 25.3 Å². The van der Waals surface area contributed by atoms with Crippen LogP contribution in [0.25, 0.3) is 11.3 Å². The van der Waals surface area contributed by atoms with E-state index < -0.39 is 0 Å². The molecule has 1 heterocycles. The van der Waals surface area contributed by atoms with Crippen LogP contribution < -0.4 is 20.9 Å². The molecule has 0 bridgehead atoms. The maximum Gasteiger partial charge on any atom is 0.222 e. The highest BCUT2D eigenvalue weighted by molar-refractivity contribution is 5.79. The SMILES string of the molecule is CCC(C)Oc1c(OC)cccc1-c1nc(N)nc(N)c1C#N. The Morgan fingerprint density at radius 3 is 2.65 bits per heavy atom. The van der Waals surface area contributed by atoms with Gasteiger partial charge in [0.25, 0.3) is 0 Å². The number of nitrogen functional groups attached to an aromatic ring is 2. The summed E-state index contributed by atoms with van der Waals surface area (Å²) in [6.07, 6.45) is 0.781. The molecule has 23 heavy (non-hydrogen) atoms. The Labute approximate surface area is 134 Å². The van der Waals surface area contributed by atoms with Crippen LogP contribution in [0.15, 0.2) is 18.2 Å². The number of methoxy groups -OCH3 is 1. The summed E-state index contributed by atoms with van der Waals surface area (Å²) in [5, 5.41) is 9.37. The molecule has 7 heteroatoms. The molecule has 0 saturated carbocycles. The molecular weight excluding hydrogens is 294 g/mol. The molecule has 1 atom stereocenters. The quantitative estimate of drug-likeness (QED) is 0.869. The number of hydrogen-bond donors (Lipinski definition) is 2. The molecule has 4 N–H and O–H groups in total. The van der Waals surface area contributed by atoms with Crippen molar-refractivity contribution >= 4 is 11.8 Å². The van der Waals surface area contributed by atoms with E-state index in [-0.39, 0.29) is 23.4 Å². The molecule has 0 aliphatic carbocycles. The van der Waals surface area contributed by atoms with E-state index in [0.717, 1.165) is 6.42 Å². The summed E-state index contributed by atoms with van der Waals surface area (Å²) in [7, 11) is 1.55. The highest BCUT2D eigenvalue weighted by atomic mass is 16.5. The van der Waals surface area contributed by atoms with Gasteiger partial charge in [0, 0.05) is 5.56 Å². The predicted molar refractivity (Wildman–Crippen MR) is 87.9 cm³/mol. The first kappa shape index (κ1) is 16.4. The van der Waals surface area contributed by atoms with Crippen LogP contribution in [0.4, 0.5) is 11.8 Å². The fourth-order valence-corrected chi connectivity index (χ4v) is 2.07. The zero-order valence-corrected chi connectivity index (χ0v) is 13.3. The minimum atomic E-state index is -0.0351. The second-order valence-electron chi connectivity index (χ2n) is 4.98. The molecule has 0 fully saturated rings. The first-order valence-corrected chi connectivity index (χ1v) is 7.18. The summed E-state index contributed by atoms with van der Waals surface area (Å²) in [6, 6.07) is 7.36. The summed E-state index contributed by atoms with van der Waals surface area (Å²) in [5.74, 6) is 1.07. The van der Waals surface area contributed by atoms with E-state index in [4.69, 9.17) is 20.9 Å². The van der Waals surface area contributed by atoms with E-state index in [1.165, 1.54) is 0 Å². The van der Waals surface area contributed by atoms with Gasteiger partial charge in [0.05, 0.1) is 18.9 Å². The van der Waals surface area contributed by atoms with Crippen LogP contribution in [0.5, 0.6) is 11.5 Å². The van der Waals surface area contributed by atoms with Crippen molar-refractivity contribution in [2.45, 2.75) is 26.4 Å². The van der Waals surface area contributed by atoms with Crippen molar-refractivity contribution in [2.75, 3.05) is 18.6 Å². The third kappa shape index (κ3) is 3.26. The van der Waals surface area contributed by atoms with Crippen LogP contribution in [0, 0.1) is 11.3 Å². The van der Waals surface area contributed by atoms with Crippen molar-refractivity contribution in [3.8, 4) is 28.8 Å². The molecule has 0 spiro atoms. The fourth-order valence-electron chi connectivity index (χ4n) is 2.07. The number of ether oxygens (including phenoxy) is 2. The summed E-state index contributed by atoms with van der Waals surface area (Å²) < 4.78 is 11.3. The van der Waals surface area contributed by atoms with Crippen LogP contribution in [0.1, 0.15) is 25.8 Å². The number of rotatable bonds is 5. The number of hydrogen-bond acceptors (Lipinski definition) is 7. The molecule has 2 aromatic rings. The zero-order chi connectivity index (χ0) is 17.0. The van der Waals surface area contributed by atoms with Gasteiger partial charge in [-0.05, 0) is 25.5 Å². The minimum Gasteiger partial charge on any atom is -0.493 e. The van der Waals surface area contributed by atoms with Crippen molar-refractivity contribution in [1.29, 1.82) is 5.26 Å². The molecule has 0 radical (unpaired) electrons. The van der Waals surface area contributed by atoms with Gasteiger partial charge < -0.3 is 20.9 Å². The number of anilines is 2. The Hall–Kier alpha value is -3.01. The van der Waals surface area contributed by atoms with Gasteiger partial charge in [-0.3, -0.25) is 0 Å². The lowest BCUT2D eigenvalue weighted by atomic mass is 10.0. The number of para-hydroxylation sites is 1. The maximum atomic E-state index is 9.37. The van der Waals surface area contributed by atoms with E-state index in [2.05, 4.69) is 9.97 Å². The second-order valence-corrected chi connectivity index (χ2v) is 4.98. The van der Waals surface area contributed by atoms with Crippen molar-refractivity contribution in [3.63, 3.8) is 0 Å². The Kier molecular flexibility index (Phi) is 4.86. The number of nitriles is 1. The minimum absolute atomic E-state index is 0.00573. The van der Waals surface area contributed by atoms with Crippen molar-refractivity contribution in [3.05, 3.63) is 23.8 Å². The molecule has 7 nitrogen and oxygen atoms in total. The summed E-state index contributed by atoms with van der Waals surface area (Å²) in [4.78, 5) is 8.00. The van der Waals surface area contributed by atoms with Gasteiger partial charge in [0.2, 0.25) is 5.95 Å². The van der Waals surface area contributed by atoms with Crippen LogP contribution in [-0.4, -0.2) is 23.2 Å². The lowest BCUT2D eigenvalue weighted by Gasteiger charge is -2.19. The number of aromatic nitrogens is 2. The molecule has 0 saturated heterocycles. The Bertz CT molecular complexity index is 755. The third-order valence-electron chi connectivity index (χ3n) is 3.41. The van der Waals surface area contributed by atoms with E-state index in [1.807, 2.05) is 19.9 Å². The predicted octanol–water partition coefficient (Wildman–Crippen LogP) is 2.37. The number of benzene rings is 1. The third-order valence-corrected chi connectivity index (χ3v) is 3.41. The van der Waals surface area contributed by atoms with Gasteiger partial charge in [-0.25, -0.2) is 4.98 Å². The topological polar surface area (TPSA) is 120 Å². The Balaban J connectivity index is 2.71. The molecular formula is C16H19N5O2. The first-order valence-electron chi connectivity index (χ1n) is 7.18. The normalized spacial score (nSPS) is 11.6. The summed E-state index contributed by atoms with van der Waals surface area (Å²) in [5.41, 5.74) is 12.5. The molecule has 0 amide bonds. The lowest BCUT2D eigenvalue weighted by Crippen LogP contribution is -2.12. The van der Waals surface area contributed by atoms with Crippen LogP contribution >= 0.6 is 0 Å². The van der Waals surface area contributed by atoms with Gasteiger partial charge in [0.15, 0.2) is 11.5 Å². The molecule has 1 aromatic carbocycles. The van der Waals surface area contributed by atoms with E-state index in [9.17, 15) is 5.26 Å². The summed E-state index contributed by atoms with van der Waals surface area (Å²) >= 11 is 0. The second kappa shape index (κ2) is 6.83. The standard InChI is InChI=1S/C16H19N5O2/c1-4-9(2)23-14-10(6-5-7-12(14)22-3)13-11(8-17)15(18)21-16(19)20-13/h5-7,9H,4H2,1-3H3,(H4,18,19,20,21). The van der Waals surface area contributed by atoms with E-state index in [0.29, 0.717) is 22.8 Å². The van der Waals surface area contributed by atoms with Crippen LogP contribution in [-0.2, 0) is 0 Å². The van der Waals surface area contributed by atoms with Gasteiger partial charge in [0.1, 0.15) is 17.5 Å². The molecule has 1 aromatic heterocycles.